The lowest BCUT2D eigenvalue weighted by atomic mass is 10.0. The van der Waals surface area contributed by atoms with E-state index < -0.39 is 0 Å². The molecule has 0 amide bonds. The van der Waals surface area contributed by atoms with Crippen molar-refractivity contribution in [3.8, 4) is 5.75 Å². The zero-order valence-electron chi connectivity index (χ0n) is 21.1. The Morgan fingerprint density at radius 1 is 1.14 bits per heavy atom. The molecule has 1 aliphatic rings. The number of hydrogen-bond donors (Lipinski definition) is 1. The molecule has 1 N–H and O–H groups in total. The number of nitrogens with zero attached hydrogens (tertiary/aromatic N) is 5. The zero-order valence-corrected chi connectivity index (χ0v) is 21.1. The molecule has 2 heterocycles. The summed E-state index contributed by atoms with van der Waals surface area (Å²) in [5.74, 6) is 1.61. The number of aryl methyl sites for hydroxylation is 2. The van der Waals surface area contributed by atoms with Crippen LogP contribution in [0.4, 0.5) is 0 Å². The summed E-state index contributed by atoms with van der Waals surface area (Å²) in [6.45, 7) is 3.46. The van der Waals surface area contributed by atoms with E-state index in [4.69, 9.17) is 4.74 Å². The van der Waals surface area contributed by atoms with Crippen molar-refractivity contribution in [2.24, 2.45) is 0 Å². The summed E-state index contributed by atoms with van der Waals surface area (Å²) in [5.41, 5.74) is 2.75. The summed E-state index contributed by atoms with van der Waals surface area (Å²) in [4.78, 5) is 18.7. The molecule has 0 bridgehead atoms. The van der Waals surface area contributed by atoms with Crippen LogP contribution in [-0.2, 0) is 19.5 Å². The van der Waals surface area contributed by atoms with Crippen LogP contribution in [0.1, 0.15) is 62.0 Å². The fourth-order valence-electron chi connectivity index (χ4n) is 5.45. The quantitative estimate of drug-likeness (QED) is 0.351. The SMILES string of the molecule is CC[C@H](c1nnnn1CCc1ccccc1)N(Cc1cc2ccc(OC)cc2[nH]c1=O)C1CCCC1. The first-order valence-corrected chi connectivity index (χ1v) is 12.9. The van der Waals surface area contributed by atoms with Crippen LogP contribution in [0.3, 0.4) is 0 Å². The maximum atomic E-state index is 13.1. The van der Waals surface area contributed by atoms with Crippen LogP contribution in [-0.4, -0.2) is 43.2 Å². The predicted molar refractivity (Wildman–Crippen MR) is 140 cm³/mol. The maximum Gasteiger partial charge on any atom is 0.252 e. The molecule has 8 nitrogen and oxygen atoms in total. The number of fused-ring (bicyclic) bond motifs is 1. The van der Waals surface area contributed by atoms with E-state index in [0.717, 1.165) is 60.3 Å². The first kappa shape index (κ1) is 24.2. The number of rotatable bonds is 10. The molecule has 2 aromatic heterocycles. The number of nitrogens with one attached hydrogen (secondary N) is 1. The van der Waals surface area contributed by atoms with Gasteiger partial charge in [-0.15, -0.1) is 5.10 Å². The average Bonchev–Trinajstić information content (AvgIpc) is 3.61. The van der Waals surface area contributed by atoms with Crippen molar-refractivity contribution >= 4 is 10.9 Å². The smallest absolute Gasteiger partial charge is 0.252 e. The summed E-state index contributed by atoms with van der Waals surface area (Å²) in [7, 11) is 1.63. The fraction of sp³-hybridized carbons (Fsp3) is 0.429. The highest BCUT2D eigenvalue weighted by Gasteiger charge is 2.32. The molecule has 36 heavy (non-hydrogen) atoms. The minimum Gasteiger partial charge on any atom is -0.497 e. The Morgan fingerprint density at radius 2 is 1.94 bits per heavy atom. The van der Waals surface area contributed by atoms with Crippen molar-refractivity contribution in [2.75, 3.05) is 7.11 Å². The zero-order chi connectivity index (χ0) is 24.9. The third-order valence-electron chi connectivity index (χ3n) is 7.38. The molecule has 0 aliphatic heterocycles. The van der Waals surface area contributed by atoms with Gasteiger partial charge < -0.3 is 9.72 Å². The average molecular weight is 487 g/mol. The van der Waals surface area contributed by atoms with Gasteiger partial charge in [-0.1, -0.05) is 50.1 Å². The molecule has 1 saturated carbocycles. The van der Waals surface area contributed by atoms with Crippen LogP contribution in [0.2, 0.25) is 0 Å². The number of methoxy groups -OCH3 is 1. The molecular weight excluding hydrogens is 452 g/mol. The largest absolute Gasteiger partial charge is 0.497 e. The Balaban J connectivity index is 1.44. The van der Waals surface area contributed by atoms with Crippen LogP contribution in [0.15, 0.2) is 59.4 Å². The number of hydrogen-bond acceptors (Lipinski definition) is 6. The molecule has 4 aromatic rings. The van der Waals surface area contributed by atoms with E-state index >= 15 is 0 Å². The molecule has 0 radical (unpaired) electrons. The van der Waals surface area contributed by atoms with Gasteiger partial charge in [-0.05, 0) is 65.3 Å². The number of benzene rings is 2. The standard InChI is InChI=1S/C28H34N6O2/c1-3-26(27-30-31-32-34(27)16-15-20-9-5-4-6-10-20)33(23-11-7-8-12-23)19-22-17-21-13-14-24(36-2)18-25(21)29-28(22)35/h4-6,9-10,13-14,17-18,23,26H,3,7-8,11-12,15-16,19H2,1-2H3,(H,29,35)/t26-/m1/s1. The molecular formula is C28H34N6O2. The lowest BCUT2D eigenvalue weighted by Crippen LogP contribution is -2.39. The molecule has 1 fully saturated rings. The molecule has 0 saturated heterocycles. The van der Waals surface area contributed by atoms with Crippen molar-refractivity contribution in [2.45, 2.75) is 70.6 Å². The second-order valence-corrected chi connectivity index (χ2v) is 9.61. The molecule has 1 atom stereocenters. The van der Waals surface area contributed by atoms with E-state index in [1.807, 2.05) is 35.0 Å². The van der Waals surface area contributed by atoms with E-state index in [1.165, 1.54) is 18.4 Å². The highest BCUT2D eigenvalue weighted by molar-refractivity contribution is 5.80. The summed E-state index contributed by atoms with van der Waals surface area (Å²) in [6, 6.07) is 18.7. The van der Waals surface area contributed by atoms with E-state index in [-0.39, 0.29) is 11.6 Å². The van der Waals surface area contributed by atoms with Gasteiger partial charge in [0.2, 0.25) is 0 Å². The van der Waals surface area contributed by atoms with Gasteiger partial charge in [0.15, 0.2) is 5.82 Å². The van der Waals surface area contributed by atoms with Gasteiger partial charge in [-0.2, -0.15) is 0 Å². The maximum absolute atomic E-state index is 13.1. The first-order chi connectivity index (χ1) is 17.7. The molecule has 5 rings (SSSR count). The van der Waals surface area contributed by atoms with Crippen LogP contribution >= 0.6 is 0 Å². The highest BCUT2D eigenvalue weighted by atomic mass is 16.5. The number of ether oxygens (including phenoxy) is 1. The van der Waals surface area contributed by atoms with Gasteiger partial charge in [0, 0.05) is 30.8 Å². The second-order valence-electron chi connectivity index (χ2n) is 9.61. The Morgan fingerprint density at radius 3 is 2.69 bits per heavy atom. The topological polar surface area (TPSA) is 88.9 Å². The monoisotopic (exact) mass is 486 g/mol. The van der Waals surface area contributed by atoms with Crippen molar-refractivity contribution in [3.63, 3.8) is 0 Å². The Labute approximate surface area is 211 Å². The summed E-state index contributed by atoms with van der Waals surface area (Å²) >= 11 is 0. The Kier molecular flexibility index (Phi) is 7.41. The van der Waals surface area contributed by atoms with Crippen molar-refractivity contribution in [1.29, 1.82) is 0 Å². The number of H-pyrrole nitrogens is 1. The van der Waals surface area contributed by atoms with E-state index in [2.05, 4.69) is 56.6 Å². The van der Waals surface area contributed by atoms with Gasteiger partial charge in [0.1, 0.15) is 5.75 Å². The summed E-state index contributed by atoms with van der Waals surface area (Å²) in [6.07, 6.45) is 6.42. The molecule has 0 unspecified atom stereocenters. The highest BCUT2D eigenvalue weighted by Crippen LogP contribution is 2.33. The molecule has 8 heteroatoms. The van der Waals surface area contributed by atoms with E-state index in [0.29, 0.717) is 12.6 Å². The number of aromatic amines is 1. The number of tetrazole rings is 1. The summed E-state index contributed by atoms with van der Waals surface area (Å²) in [5, 5.41) is 13.9. The van der Waals surface area contributed by atoms with Crippen molar-refractivity contribution in [3.05, 3.63) is 81.9 Å². The van der Waals surface area contributed by atoms with Crippen LogP contribution in [0, 0.1) is 0 Å². The minimum absolute atomic E-state index is 0.0323. The van der Waals surface area contributed by atoms with Gasteiger partial charge in [-0.25, -0.2) is 4.68 Å². The van der Waals surface area contributed by atoms with Gasteiger partial charge in [0.05, 0.1) is 18.7 Å². The van der Waals surface area contributed by atoms with Gasteiger partial charge in [0.25, 0.3) is 5.56 Å². The van der Waals surface area contributed by atoms with Crippen LogP contribution < -0.4 is 10.3 Å². The third-order valence-corrected chi connectivity index (χ3v) is 7.38. The Bertz CT molecular complexity index is 1340. The van der Waals surface area contributed by atoms with E-state index in [9.17, 15) is 4.79 Å². The lowest BCUT2D eigenvalue weighted by molar-refractivity contribution is 0.112. The van der Waals surface area contributed by atoms with Gasteiger partial charge in [-0.3, -0.25) is 9.69 Å². The first-order valence-electron chi connectivity index (χ1n) is 12.9. The van der Waals surface area contributed by atoms with Gasteiger partial charge >= 0.3 is 0 Å². The minimum atomic E-state index is -0.0581. The lowest BCUT2D eigenvalue weighted by Gasteiger charge is -2.35. The fourth-order valence-corrected chi connectivity index (χ4v) is 5.45. The molecule has 1 aliphatic carbocycles. The van der Waals surface area contributed by atoms with Crippen LogP contribution in [0.25, 0.3) is 10.9 Å². The molecule has 2 aromatic carbocycles. The Hall–Kier alpha value is -3.52. The molecule has 188 valence electrons. The third kappa shape index (κ3) is 5.18. The van der Waals surface area contributed by atoms with Crippen molar-refractivity contribution < 1.29 is 4.74 Å². The molecule has 0 spiro atoms. The predicted octanol–water partition coefficient (Wildman–Crippen LogP) is 4.66. The number of pyridine rings is 1. The van der Waals surface area contributed by atoms with Crippen LogP contribution in [0.5, 0.6) is 5.75 Å². The normalized spacial score (nSPS) is 15.1. The van der Waals surface area contributed by atoms with Crippen molar-refractivity contribution in [1.82, 2.24) is 30.1 Å². The summed E-state index contributed by atoms with van der Waals surface area (Å²) < 4.78 is 7.26. The van der Waals surface area contributed by atoms with E-state index in [1.54, 1.807) is 7.11 Å². The second kappa shape index (κ2) is 11.0. The number of aromatic nitrogens is 5.